The smallest absolute Gasteiger partial charge is 0.165 e. The van der Waals surface area contributed by atoms with E-state index in [-0.39, 0.29) is 18.1 Å². The van der Waals surface area contributed by atoms with Gasteiger partial charge < -0.3 is 5.11 Å². The lowest BCUT2D eigenvalue weighted by Gasteiger charge is -1.95. The van der Waals surface area contributed by atoms with Crippen molar-refractivity contribution in [1.82, 2.24) is 0 Å². The average molecular weight is 139 g/mol. The highest BCUT2D eigenvalue weighted by Gasteiger charge is 2.18. The Morgan fingerprint density at radius 3 is 2.50 bits per heavy atom. The summed E-state index contributed by atoms with van der Waals surface area (Å²) in [6.07, 6.45) is 0. The molecule has 0 radical (unpaired) electrons. The second kappa shape index (κ2) is 2.25. The molecule has 0 atom stereocenters. The van der Waals surface area contributed by atoms with Crippen molar-refractivity contribution in [1.29, 1.82) is 0 Å². The first-order valence-electron chi connectivity index (χ1n) is 3.07. The molecule has 0 amide bonds. The second-order valence-electron chi connectivity index (χ2n) is 2.28. The molecule has 0 spiro atoms. The van der Waals surface area contributed by atoms with Gasteiger partial charge in [-0.1, -0.05) is 0 Å². The number of carbonyl (C=O) groups is 1. The lowest BCUT2D eigenvalue weighted by molar-refractivity contribution is -0.113. The van der Waals surface area contributed by atoms with E-state index in [1.807, 2.05) is 0 Å². The summed E-state index contributed by atoms with van der Waals surface area (Å²) < 4.78 is 0. The Hall–Kier alpha value is -1.12. The fourth-order valence-corrected chi connectivity index (χ4v) is 1.02. The fourth-order valence-electron chi connectivity index (χ4n) is 1.02. The number of carbonyl (C=O) groups excluding carboxylic acids is 1. The van der Waals surface area contributed by atoms with Crippen molar-refractivity contribution in [2.24, 2.45) is 4.99 Å². The predicted molar refractivity (Wildman–Crippen MR) is 38.3 cm³/mol. The summed E-state index contributed by atoms with van der Waals surface area (Å²) in [5, 5.41) is 9.07. The van der Waals surface area contributed by atoms with Gasteiger partial charge in [-0.15, -0.1) is 0 Å². The second-order valence-corrected chi connectivity index (χ2v) is 2.28. The summed E-state index contributed by atoms with van der Waals surface area (Å²) in [5.41, 5.74) is 1.03. The Labute approximate surface area is 59.1 Å². The number of ketones is 1. The van der Waals surface area contributed by atoms with Gasteiger partial charge in [-0.2, -0.15) is 0 Å². The summed E-state index contributed by atoms with van der Waals surface area (Å²) in [5.74, 6) is -0.0127. The molecule has 0 saturated heterocycles. The van der Waals surface area contributed by atoms with Gasteiger partial charge in [0.15, 0.2) is 5.78 Å². The Morgan fingerprint density at radius 2 is 2.30 bits per heavy atom. The molecule has 0 aromatic heterocycles. The first kappa shape index (κ1) is 6.99. The zero-order chi connectivity index (χ0) is 7.72. The van der Waals surface area contributed by atoms with Gasteiger partial charge in [-0.05, 0) is 13.8 Å². The van der Waals surface area contributed by atoms with Gasteiger partial charge in [0, 0.05) is 5.71 Å². The molecule has 0 unspecified atom stereocenters. The Morgan fingerprint density at radius 1 is 1.70 bits per heavy atom. The third-order valence-corrected chi connectivity index (χ3v) is 1.47. The number of hydrogen-bond acceptors (Lipinski definition) is 3. The van der Waals surface area contributed by atoms with Gasteiger partial charge in [0.25, 0.3) is 0 Å². The minimum Gasteiger partial charge on any atom is -0.510 e. The number of rotatable bonds is 1. The van der Waals surface area contributed by atoms with Crippen molar-refractivity contribution in [3.63, 3.8) is 0 Å². The minimum absolute atomic E-state index is 0.102. The molecule has 1 rings (SSSR count). The minimum atomic E-state index is -0.115. The van der Waals surface area contributed by atoms with Crippen LogP contribution in [0.1, 0.15) is 13.8 Å². The van der Waals surface area contributed by atoms with Crippen molar-refractivity contribution in [2.45, 2.75) is 13.8 Å². The van der Waals surface area contributed by atoms with Crippen LogP contribution in [-0.2, 0) is 4.79 Å². The van der Waals surface area contributed by atoms with Crippen LogP contribution >= 0.6 is 0 Å². The zero-order valence-corrected chi connectivity index (χ0v) is 6.01. The molecule has 0 saturated carbocycles. The van der Waals surface area contributed by atoms with E-state index in [1.54, 1.807) is 6.92 Å². The molecular weight excluding hydrogens is 130 g/mol. The molecule has 0 aromatic rings. The molecular formula is C7H9NO2. The van der Waals surface area contributed by atoms with E-state index < -0.39 is 0 Å². The molecule has 0 fully saturated rings. The van der Waals surface area contributed by atoms with Crippen molar-refractivity contribution < 1.29 is 9.90 Å². The number of aliphatic imine (C=N–C) groups is 1. The lowest BCUT2D eigenvalue weighted by Crippen LogP contribution is -2.05. The summed E-state index contributed by atoms with van der Waals surface area (Å²) in [7, 11) is 0. The van der Waals surface area contributed by atoms with Gasteiger partial charge in [0.05, 0.1) is 12.1 Å². The molecule has 0 aliphatic carbocycles. The Bertz CT molecular complexity index is 238. The van der Waals surface area contributed by atoms with Crippen LogP contribution in [0.5, 0.6) is 0 Å². The largest absolute Gasteiger partial charge is 0.510 e. The third-order valence-electron chi connectivity index (χ3n) is 1.47. The highest BCUT2D eigenvalue weighted by molar-refractivity contribution is 6.22. The van der Waals surface area contributed by atoms with Gasteiger partial charge in [0.2, 0.25) is 0 Å². The molecule has 3 heteroatoms. The van der Waals surface area contributed by atoms with Crippen molar-refractivity contribution in [2.75, 3.05) is 6.54 Å². The molecule has 1 aliphatic heterocycles. The molecule has 1 heterocycles. The summed E-state index contributed by atoms with van der Waals surface area (Å²) in [6.45, 7) is 3.41. The molecule has 54 valence electrons. The number of nitrogens with zero attached hydrogens (tertiary/aromatic N) is 1. The molecule has 3 nitrogen and oxygen atoms in total. The fraction of sp³-hybridized carbons (Fsp3) is 0.429. The van der Waals surface area contributed by atoms with Crippen molar-refractivity contribution >= 4 is 11.5 Å². The first-order valence-corrected chi connectivity index (χ1v) is 3.07. The van der Waals surface area contributed by atoms with Crippen LogP contribution in [0, 0.1) is 0 Å². The predicted octanol–water partition coefficient (Wildman–Crippen LogP) is 0.862. The van der Waals surface area contributed by atoms with Gasteiger partial charge >= 0.3 is 0 Å². The molecule has 0 bridgehead atoms. The monoisotopic (exact) mass is 139 g/mol. The van der Waals surface area contributed by atoms with Gasteiger partial charge in [0.1, 0.15) is 5.76 Å². The standard InChI is InChI=1S/C7H9NO2/c1-4-7(5(2)9)6(10)3-8-4/h10H,3H2,1-2H3. The maximum Gasteiger partial charge on any atom is 0.165 e. The van der Waals surface area contributed by atoms with E-state index in [0.29, 0.717) is 11.3 Å². The zero-order valence-electron chi connectivity index (χ0n) is 6.01. The molecule has 1 aliphatic rings. The van der Waals surface area contributed by atoms with Gasteiger partial charge in [-0.3, -0.25) is 9.79 Å². The van der Waals surface area contributed by atoms with E-state index in [2.05, 4.69) is 4.99 Å². The van der Waals surface area contributed by atoms with E-state index >= 15 is 0 Å². The topological polar surface area (TPSA) is 49.7 Å². The number of aliphatic hydroxyl groups excluding tert-OH is 1. The van der Waals surface area contributed by atoms with E-state index in [4.69, 9.17) is 5.11 Å². The van der Waals surface area contributed by atoms with Crippen molar-refractivity contribution in [3.8, 4) is 0 Å². The SMILES string of the molecule is CC(=O)C1=C(O)CN=C1C. The summed E-state index contributed by atoms with van der Waals surface area (Å²) in [4.78, 5) is 14.7. The highest BCUT2D eigenvalue weighted by atomic mass is 16.3. The molecule has 0 aromatic carbocycles. The number of aliphatic hydroxyl groups is 1. The average Bonchev–Trinajstić information content (AvgIpc) is 2.11. The van der Waals surface area contributed by atoms with Gasteiger partial charge in [-0.25, -0.2) is 0 Å². The number of Topliss-reactive ketones (excluding diaryl/α,β-unsaturated/α-hetero) is 1. The molecule has 10 heavy (non-hydrogen) atoms. The van der Waals surface area contributed by atoms with Crippen LogP contribution in [0.3, 0.4) is 0 Å². The van der Waals surface area contributed by atoms with Crippen LogP contribution in [0.4, 0.5) is 0 Å². The Kier molecular flexibility index (Phi) is 1.57. The van der Waals surface area contributed by atoms with Crippen LogP contribution < -0.4 is 0 Å². The van der Waals surface area contributed by atoms with Crippen LogP contribution in [0.25, 0.3) is 0 Å². The number of allylic oxidation sites excluding steroid dienone is 1. The van der Waals surface area contributed by atoms with E-state index in [0.717, 1.165) is 0 Å². The number of hydrogen-bond donors (Lipinski definition) is 1. The van der Waals surface area contributed by atoms with Crippen molar-refractivity contribution in [3.05, 3.63) is 11.3 Å². The maximum atomic E-state index is 10.8. The summed E-state index contributed by atoms with van der Waals surface area (Å²) in [6, 6.07) is 0. The maximum absolute atomic E-state index is 10.8. The van der Waals surface area contributed by atoms with Crippen LogP contribution in [0.2, 0.25) is 0 Å². The lowest BCUT2D eigenvalue weighted by atomic mass is 10.1. The van der Waals surface area contributed by atoms with E-state index in [9.17, 15) is 4.79 Å². The highest BCUT2D eigenvalue weighted by Crippen LogP contribution is 2.12. The molecule has 1 N–H and O–H groups in total. The quantitative estimate of drug-likeness (QED) is 0.585. The normalized spacial score (nSPS) is 17.6. The third kappa shape index (κ3) is 0.943. The van der Waals surface area contributed by atoms with E-state index in [1.165, 1.54) is 6.92 Å². The van der Waals surface area contributed by atoms with Crippen LogP contribution in [-0.4, -0.2) is 23.1 Å². The summed E-state index contributed by atoms with van der Waals surface area (Å²) >= 11 is 0. The van der Waals surface area contributed by atoms with Crippen LogP contribution in [0.15, 0.2) is 16.3 Å². The Balaban J connectivity index is 3.01. The first-order chi connectivity index (χ1) is 4.63.